The van der Waals surface area contributed by atoms with Crippen LogP contribution in [0.2, 0.25) is 0 Å². The van der Waals surface area contributed by atoms with E-state index < -0.39 is 9.84 Å². The summed E-state index contributed by atoms with van der Waals surface area (Å²) in [6, 6.07) is 6.95. The Labute approximate surface area is 119 Å². The fourth-order valence-corrected chi connectivity index (χ4v) is 2.48. The summed E-state index contributed by atoms with van der Waals surface area (Å²) >= 11 is 0. The second-order valence-electron chi connectivity index (χ2n) is 4.81. The summed E-state index contributed by atoms with van der Waals surface area (Å²) in [6.07, 6.45) is 2.89. The second-order valence-corrected chi connectivity index (χ2v) is 6.82. The van der Waals surface area contributed by atoms with Gasteiger partial charge >= 0.3 is 0 Å². The molecule has 1 atom stereocenters. The van der Waals surface area contributed by atoms with Crippen molar-refractivity contribution in [2.45, 2.75) is 31.3 Å². The van der Waals surface area contributed by atoms with E-state index in [2.05, 4.69) is 10.3 Å². The molecule has 20 heavy (non-hydrogen) atoms. The molecule has 2 rings (SSSR count). The molecule has 1 N–H and O–H groups in total. The van der Waals surface area contributed by atoms with Crippen LogP contribution in [0.15, 0.2) is 39.8 Å². The summed E-state index contributed by atoms with van der Waals surface area (Å²) < 4.78 is 28.2. The van der Waals surface area contributed by atoms with Crippen LogP contribution in [0, 0.1) is 6.92 Å². The van der Waals surface area contributed by atoms with Gasteiger partial charge in [0.05, 0.1) is 17.6 Å². The van der Waals surface area contributed by atoms with Gasteiger partial charge in [0.1, 0.15) is 5.76 Å². The lowest BCUT2D eigenvalue weighted by atomic mass is 10.1. The normalized spacial score (nSPS) is 13.3. The number of aryl methyl sites for hydroxylation is 1. The lowest BCUT2D eigenvalue weighted by molar-refractivity contribution is 0.432. The van der Waals surface area contributed by atoms with E-state index in [1.807, 2.05) is 26.0 Å². The summed E-state index contributed by atoms with van der Waals surface area (Å²) in [5.74, 6) is 1.43. The van der Waals surface area contributed by atoms with Crippen molar-refractivity contribution in [3.8, 4) is 0 Å². The van der Waals surface area contributed by atoms with Crippen molar-refractivity contribution in [1.29, 1.82) is 0 Å². The number of aromatic nitrogens is 1. The van der Waals surface area contributed by atoms with E-state index in [1.54, 1.807) is 18.3 Å². The number of hydrogen-bond acceptors (Lipinski definition) is 5. The molecule has 0 fully saturated rings. The Morgan fingerprint density at radius 1 is 1.30 bits per heavy atom. The smallest absolute Gasteiger partial charge is 0.208 e. The van der Waals surface area contributed by atoms with Gasteiger partial charge in [-0.25, -0.2) is 13.4 Å². The summed E-state index contributed by atoms with van der Waals surface area (Å²) in [4.78, 5) is 4.45. The van der Waals surface area contributed by atoms with E-state index >= 15 is 0 Å². The first-order valence-corrected chi connectivity index (χ1v) is 8.20. The van der Waals surface area contributed by atoms with Crippen LogP contribution in [-0.2, 0) is 16.4 Å². The van der Waals surface area contributed by atoms with Gasteiger partial charge in [0, 0.05) is 12.3 Å². The Balaban J connectivity index is 2.00. The molecule has 0 amide bonds. The van der Waals surface area contributed by atoms with Gasteiger partial charge in [-0.15, -0.1) is 0 Å². The maximum absolute atomic E-state index is 11.4. The minimum Gasteiger partial charge on any atom is -0.445 e. The van der Waals surface area contributed by atoms with Crippen LogP contribution in [0.1, 0.15) is 30.2 Å². The van der Waals surface area contributed by atoms with Crippen molar-refractivity contribution in [3.63, 3.8) is 0 Å². The average Bonchev–Trinajstić information content (AvgIpc) is 2.81. The number of hydrogen-bond donors (Lipinski definition) is 1. The number of oxazole rings is 1. The quantitative estimate of drug-likeness (QED) is 0.915. The van der Waals surface area contributed by atoms with Crippen LogP contribution in [0.4, 0.5) is 0 Å². The Morgan fingerprint density at radius 3 is 2.45 bits per heavy atom. The van der Waals surface area contributed by atoms with E-state index in [9.17, 15) is 8.42 Å². The molecular formula is C14H18N2O3S. The van der Waals surface area contributed by atoms with Gasteiger partial charge in [-0.3, -0.25) is 0 Å². The maximum Gasteiger partial charge on any atom is 0.208 e. The van der Waals surface area contributed by atoms with Gasteiger partial charge in [-0.1, -0.05) is 12.1 Å². The van der Waals surface area contributed by atoms with E-state index in [1.165, 1.54) is 6.26 Å². The van der Waals surface area contributed by atoms with Crippen LogP contribution >= 0.6 is 0 Å². The molecule has 2 aromatic rings. The molecule has 0 bridgehead atoms. The molecular weight excluding hydrogens is 276 g/mol. The van der Waals surface area contributed by atoms with Crippen molar-refractivity contribution in [3.05, 3.63) is 47.7 Å². The molecule has 108 valence electrons. The first-order chi connectivity index (χ1) is 9.36. The summed E-state index contributed by atoms with van der Waals surface area (Å²) in [5.41, 5.74) is 1.01. The SMILES string of the molecule is Cc1cnc(CNC(C)c2ccc(S(C)(=O)=O)cc2)o1. The summed E-state index contributed by atoms with van der Waals surface area (Å²) in [5, 5.41) is 3.28. The predicted molar refractivity (Wildman–Crippen MR) is 76.0 cm³/mol. The van der Waals surface area contributed by atoms with Gasteiger partial charge in [0.2, 0.25) is 5.89 Å². The molecule has 5 nitrogen and oxygen atoms in total. The molecule has 1 aromatic heterocycles. The third-order valence-electron chi connectivity index (χ3n) is 3.04. The zero-order chi connectivity index (χ0) is 14.8. The molecule has 0 aliphatic rings. The molecule has 1 aromatic carbocycles. The molecule has 0 radical (unpaired) electrons. The van der Waals surface area contributed by atoms with Gasteiger partial charge in [-0.05, 0) is 31.5 Å². The molecule has 1 heterocycles. The second kappa shape index (κ2) is 5.76. The average molecular weight is 294 g/mol. The topological polar surface area (TPSA) is 72.2 Å². The van der Waals surface area contributed by atoms with E-state index in [-0.39, 0.29) is 6.04 Å². The number of sulfone groups is 1. The number of nitrogens with one attached hydrogen (secondary N) is 1. The zero-order valence-corrected chi connectivity index (χ0v) is 12.6. The number of benzene rings is 1. The van der Waals surface area contributed by atoms with E-state index in [0.717, 1.165) is 11.3 Å². The van der Waals surface area contributed by atoms with Crippen LogP contribution in [0.25, 0.3) is 0 Å². The monoisotopic (exact) mass is 294 g/mol. The lowest BCUT2D eigenvalue weighted by Gasteiger charge is -2.13. The third kappa shape index (κ3) is 3.68. The van der Waals surface area contributed by atoms with Crippen molar-refractivity contribution >= 4 is 9.84 Å². The van der Waals surface area contributed by atoms with Crippen molar-refractivity contribution in [2.75, 3.05) is 6.26 Å². The zero-order valence-electron chi connectivity index (χ0n) is 11.8. The highest BCUT2D eigenvalue weighted by molar-refractivity contribution is 7.90. The van der Waals surface area contributed by atoms with Gasteiger partial charge in [0.15, 0.2) is 9.84 Å². The maximum atomic E-state index is 11.4. The Bertz CT molecular complexity index is 675. The Morgan fingerprint density at radius 2 is 1.95 bits per heavy atom. The Kier molecular flexibility index (Phi) is 4.25. The lowest BCUT2D eigenvalue weighted by Crippen LogP contribution is -2.18. The highest BCUT2D eigenvalue weighted by Crippen LogP contribution is 2.16. The molecule has 0 saturated heterocycles. The highest BCUT2D eigenvalue weighted by Gasteiger charge is 2.10. The summed E-state index contributed by atoms with van der Waals surface area (Å²) in [6.45, 7) is 4.39. The minimum atomic E-state index is -3.14. The molecule has 6 heteroatoms. The predicted octanol–water partition coefficient (Wildman–Crippen LogP) is 2.24. The molecule has 0 aliphatic carbocycles. The first-order valence-electron chi connectivity index (χ1n) is 6.31. The molecule has 1 unspecified atom stereocenters. The summed E-state index contributed by atoms with van der Waals surface area (Å²) in [7, 11) is -3.14. The minimum absolute atomic E-state index is 0.0795. The molecule has 0 spiro atoms. The fraction of sp³-hybridized carbons (Fsp3) is 0.357. The van der Waals surface area contributed by atoms with Gasteiger partial charge in [-0.2, -0.15) is 0 Å². The highest BCUT2D eigenvalue weighted by atomic mass is 32.2. The first kappa shape index (κ1) is 14.7. The van der Waals surface area contributed by atoms with Crippen LogP contribution in [0.5, 0.6) is 0 Å². The van der Waals surface area contributed by atoms with Crippen LogP contribution < -0.4 is 5.32 Å². The standard InChI is InChI=1S/C14H18N2O3S/c1-10-8-16-14(19-10)9-15-11(2)12-4-6-13(7-5-12)20(3,17)18/h4-8,11,15H,9H2,1-3H3. The van der Waals surface area contributed by atoms with E-state index in [4.69, 9.17) is 4.42 Å². The fourth-order valence-electron chi connectivity index (χ4n) is 1.85. The van der Waals surface area contributed by atoms with Crippen molar-refractivity contribution in [1.82, 2.24) is 10.3 Å². The van der Waals surface area contributed by atoms with E-state index in [0.29, 0.717) is 17.3 Å². The molecule has 0 aliphatic heterocycles. The Hall–Kier alpha value is -1.66. The van der Waals surface area contributed by atoms with Gasteiger partial charge in [0.25, 0.3) is 0 Å². The van der Waals surface area contributed by atoms with Gasteiger partial charge < -0.3 is 9.73 Å². The third-order valence-corrected chi connectivity index (χ3v) is 4.17. The number of nitrogens with zero attached hydrogens (tertiary/aromatic N) is 1. The van der Waals surface area contributed by atoms with Crippen LogP contribution in [0.3, 0.4) is 0 Å². The largest absolute Gasteiger partial charge is 0.445 e. The van der Waals surface area contributed by atoms with Crippen molar-refractivity contribution in [2.24, 2.45) is 0 Å². The van der Waals surface area contributed by atoms with Crippen LogP contribution in [-0.4, -0.2) is 19.7 Å². The number of rotatable bonds is 5. The molecule has 0 saturated carbocycles. The van der Waals surface area contributed by atoms with Crippen molar-refractivity contribution < 1.29 is 12.8 Å².